The molecule has 0 atom stereocenters. The Hall–Kier alpha value is -1.68. The molecular formula is C13H18N4. The molecule has 2 N–H and O–H groups in total. The molecule has 0 saturated carbocycles. The molecule has 0 radical (unpaired) electrons. The van der Waals surface area contributed by atoms with Crippen LogP contribution in [0.5, 0.6) is 0 Å². The summed E-state index contributed by atoms with van der Waals surface area (Å²) in [4.78, 5) is 8.48. The van der Waals surface area contributed by atoms with Crippen LogP contribution >= 0.6 is 0 Å². The van der Waals surface area contributed by atoms with Crippen molar-refractivity contribution in [2.45, 2.75) is 25.8 Å². The third-order valence-electron chi connectivity index (χ3n) is 2.71. The molecule has 0 aliphatic heterocycles. The van der Waals surface area contributed by atoms with Gasteiger partial charge in [-0.25, -0.2) is 4.98 Å². The summed E-state index contributed by atoms with van der Waals surface area (Å²) in [6, 6.07) is 3.95. The van der Waals surface area contributed by atoms with Gasteiger partial charge in [0.1, 0.15) is 0 Å². The van der Waals surface area contributed by atoms with Crippen molar-refractivity contribution in [2.75, 3.05) is 6.54 Å². The molecule has 0 aliphatic rings. The van der Waals surface area contributed by atoms with Gasteiger partial charge in [0.05, 0.1) is 12.0 Å². The molecule has 0 spiro atoms. The van der Waals surface area contributed by atoms with Crippen LogP contribution in [0.15, 0.2) is 37.1 Å². The van der Waals surface area contributed by atoms with Gasteiger partial charge in [-0.05, 0) is 31.5 Å². The molecule has 0 unspecified atom stereocenters. The second kappa shape index (κ2) is 6.15. The van der Waals surface area contributed by atoms with E-state index in [-0.39, 0.29) is 0 Å². The van der Waals surface area contributed by atoms with Crippen LogP contribution in [0.2, 0.25) is 0 Å². The van der Waals surface area contributed by atoms with Gasteiger partial charge in [0.15, 0.2) is 0 Å². The summed E-state index contributed by atoms with van der Waals surface area (Å²) in [6.45, 7) is 1.79. The molecule has 2 rings (SSSR count). The summed E-state index contributed by atoms with van der Waals surface area (Å²) < 4.78 is 2.12. The highest BCUT2D eigenvalue weighted by Crippen LogP contribution is 2.15. The zero-order valence-electron chi connectivity index (χ0n) is 9.92. The van der Waals surface area contributed by atoms with E-state index in [1.165, 1.54) is 6.42 Å². The van der Waals surface area contributed by atoms with Gasteiger partial charge >= 0.3 is 0 Å². The Morgan fingerprint density at radius 2 is 2.18 bits per heavy atom. The molecular weight excluding hydrogens is 212 g/mol. The number of nitrogens with zero attached hydrogens (tertiary/aromatic N) is 3. The van der Waals surface area contributed by atoms with E-state index in [0.29, 0.717) is 0 Å². The summed E-state index contributed by atoms with van der Waals surface area (Å²) in [5.41, 5.74) is 7.51. The minimum Gasteiger partial charge on any atom is -0.337 e. The summed E-state index contributed by atoms with van der Waals surface area (Å²) in [5, 5.41) is 0. The van der Waals surface area contributed by atoms with Crippen molar-refractivity contribution in [3.8, 4) is 11.3 Å². The van der Waals surface area contributed by atoms with Crippen molar-refractivity contribution < 1.29 is 0 Å². The molecule has 0 aliphatic carbocycles. The van der Waals surface area contributed by atoms with Crippen molar-refractivity contribution in [3.05, 3.63) is 37.1 Å². The molecule has 2 heterocycles. The van der Waals surface area contributed by atoms with E-state index in [4.69, 9.17) is 5.73 Å². The predicted molar refractivity (Wildman–Crippen MR) is 68.4 cm³/mol. The molecule has 0 aromatic carbocycles. The van der Waals surface area contributed by atoms with Gasteiger partial charge in [-0.1, -0.05) is 6.42 Å². The van der Waals surface area contributed by atoms with Crippen LogP contribution in [0.1, 0.15) is 19.3 Å². The molecule has 4 nitrogen and oxygen atoms in total. The average molecular weight is 230 g/mol. The number of pyridine rings is 1. The van der Waals surface area contributed by atoms with Crippen LogP contribution < -0.4 is 5.73 Å². The van der Waals surface area contributed by atoms with E-state index in [2.05, 4.69) is 20.7 Å². The molecule has 90 valence electrons. The van der Waals surface area contributed by atoms with Crippen molar-refractivity contribution in [1.29, 1.82) is 0 Å². The normalized spacial score (nSPS) is 10.6. The van der Waals surface area contributed by atoms with E-state index in [1.54, 1.807) is 6.20 Å². The van der Waals surface area contributed by atoms with E-state index in [0.717, 1.165) is 37.2 Å². The summed E-state index contributed by atoms with van der Waals surface area (Å²) in [5.74, 6) is 0. The van der Waals surface area contributed by atoms with Crippen molar-refractivity contribution >= 4 is 0 Å². The molecule has 0 saturated heterocycles. The number of rotatable bonds is 6. The second-order valence-corrected chi connectivity index (χ2v) is 4.09. The molecule has 4 heteroatoms. The lowest BCUT2D eigenvalue weighted by Gasteiger charge is -2.00. The molecule has 17 heavy (non-hydrogen) atoms. The Kier molecular flexibility index (Phi) is 4.27. The zero-order chi connectivity index (χ0) is 11.9. The van der Waals surface area contributed by atoms with E-state index >= 15 is 0 Å². The third kappa shape index (κ3) is 3.39. The minimum atomic E-state index is 0.783. The maximum Gasteiger partial charge on any atom is 0.0953 e. The number of aromatic nitrogens is 3. The lowest BCUT2D eigenvalue weighted by molar-refractivity contribution is 0.591. The predicted octanol–water partition coefficient (Wildman–Crippen LogP) is 2.07. The van der Waals surface area contributed by atoms with Crippen LogP contribution in [0.25, 0.3) is 11.3 Å². The minimum absolute atomic E-state index is 0.783. The fourth-order valence-electron chi connectivity index (χ4n) is 1.76. The van der Waals surface area contributed by atoms with Crippen LogP contribution in [0.3, 0.4) is 0 Å². The highest BCUT2D eigenvalue weighted by atomic mass is 15.0. The maximum absolute atomic E-state index is 5.46. The van der Waals surface area contributed by atoms with Gasteiger partial charge in [-0.2, -0.15) is 0 Å². The first-order valence-electron chi connectivity index (χ1n) is 6.02. The largest absolute Gasteiger partial charge is 0.337 e. The van der Waals surface area contributed by atoms with Gasteiger partial charge in [0.25, 0.3) is 0 Å². The number of hydrogen-bond acceptors (Lipinski definition) is 3. The van der Waals surface area contributed by atoms with Crippen LogP contribution in [0.4, 0.5) is 0 Å². The van der Waals surface area contributed by atoms with Crippen LogP contribution in [-0.2, 0) is 6.54 Å². The van der Waals surface area contributed by atoms with E-state index in [1.807, 2.05) is 24.7 Å². The highest BCUT2D eigenvalue weighted by Gasteiger charge is 2.01. The standard InChI is InChI=1S/C13H18N4/c14-6-2-1-3-8-17-10-13(16-11-17)12-5-4-7-15-9-12/h4-5,7,9-11H,1-3,6,8,14H2. The molecule has 2 aromatic heterocycles. The number of imidazole rings is 1. The highest BCUT2D eigenvalue weighted by molar-refractivity contribution is 5.56. The average Bonchev–Trinajstić information content (AvgIpc) is 2.85. The lowest BCUT2D eigenvalue weighted by atomic mass is 10.2. The summed E-state index contributed by atoms with van der Waals surface area (Å²) >= 11 is 0. The fraction of sp³-hybridized carbons (Fsp3) is 0.385. The third-order valence-corrected chi connectivity index (χ3v) is 2.71. The topological polar surface area (TPSA) is 56.7 Å². The number of aryl methyl sites for hydroxylation is 1. The second-order valence-electron chi connectivity index (χ2n) is 4.09. The lowest BCUT2D eigenvalue weighted by Crippen LogP contribution is -2.00. The Morgan fingerprint density at radius 3 is 2.94 bits per heavy atom. The first-order valence-corrected chi connectivity index (χ1v) is 6.02. The maximum atomic E-state index is 5.46. The van der Waals surface area contributed by atoms with E-state index < -0.39 is 0 Å². The number of nitrogens with two attached hydrogens (primary N) is 1. The Labute approximate surface area is 102 Å². The van der Waals surface area contributed by atoms with Gasteiger partial charge < -0.3 is 10.3 Å². The van der Waals surface area contributed by atoms with Crippen molar-refractivity contribution in [2.24, 2.45) is 5.73 Å². The Balaban J connectivity index is 1.92. The van der Waals surface area contributed by atoms with Crippen molar-refractivity contribution in [1.82, 2.24) is 14.5 Å². The van der Waals surface area contributed by atoms with Gasteiger partial charge in [0.2, 0.25) is 0 Å². The van der Waals surface area contributed by atoms with Gasteiger partial charge in [-0.3, -0.25) is 4.98 Å². The first-order chi connectivity index (χ1) is 8.40. The van der Waals surface area contributed by atoms with Crippen molar-refractivity contribution in [3.63, 3.8) is 0 Å². The Morgan fingerprint density at radius 1 is 1.24 bits per heavy atom. The first kappa shape index (κ1) is 11.8. The number of hydrogen-bond donors (Lipinski definition) is 1. The quantitative estimate of drug-likeness (QED) is 0.773. The summed E-state index contributed by atoms with van der Waals surface area (Å²) in [7, 11) is 0. The SMILES string of the molecule is NCCCCCn1cnc(-c2cccnc2)c1. The summed E-state index contributed by atoms with van der Waals surface area (Å²) in [6.07, 6.45) is 11.0. The number of unbranched alkanes of at least 4 members (excludes halogenated alkanes) is 2. The fourth-order valence-corrected chi connectivity index (χ4v) is 1.76. The molecule has 0 bridgehead atoms. The zero-order valence-corrected chi connectivity index (χ0v) is 9.92. The van der Waals surface area contributed by atoms with E-state index in [9.17, 15) is 0 Å². The molecule has 0 amide bonds. The van der Waals surface area contributed by atoms with Gasteiger partial charge in [0, 0.05) is 30.7 Å². The van der Waals surface area contributed by atoms with Crippen LogP contribution in [-0.4, -0.2) is 21.1 Å². The molecule has 2 aromatic rings. The molecule has 0 fully saturated rings. The smallest absolute Gasteiger partial charge is 0.0953 e. The Bertz CT molecular complexity index is 436. The monoisotopic (exact) mass is 230 g/mol. The van der Waals surface area contributed by atoms with Crippen LogP contribution in [0, 0.1) is 0 Å². The van der Waals surface area contributed by atoms with Gasteiger partial charge in [-0.15, -0.1) is 0 Å².